The maximum absolute atomic E-state index is 6.30. The molecule has 0 amide bonds. The lowest BCUT2D eigenvalue weighted by atomic mass is 9.93. The lowest BCUT2D eigenvalue weighted by molar-refractivity contribution is -0.491. The number of nitrogens with zero attached hydrogens (tertiary/aromatic N) is 3. The number of benzene rings is 4. The van der Waals surface area contributed by atoms with Gasteiger partial charge in [0.15, 0.2) is 0 Å². The fourth-order valence-electron chi connectivity index (χ4n) is 8.67. The maximum atomic E-state index is 6.30. The second-order valence-corrected chi connectivity index (χ2v) is 13.5. The van der Waals surface area contributed by atoms with Gasteiger partial charge in [-0.15, -0.1) is 5.01 Å². The summed E-state index contributed by atoms with van der Waals surface area (Å²) in [5.41, 5.74) is 20.7. The van der Waals surface area contributed by atoms with Gasteiger partial charge in [-0.05, 0) is 109 Å². The van der Waals surface area contributed by atoms with Crippen molar-refractivity contribution < 1.29 is 4.58 Å². The SMILES string of the molecule is NC(N)=NN(C(NC1CCCCC1)=[N+](c1ccc2c3c(cccc13)CC2)C1CCCCC1)c1ccc2c3c(cccc13)CC2. The predicted molar refractivity (Wildman–Crippen MR) is 183 cm³/mol. The van der Waals surface area contributed by atoms with Crippen molar-refractivity contribution in [3.63, 3.8) is 0 Å². The second kappa shape index (κ2) is 11.5. The third kappa shape index (κ3) is 4.79. The molecular formula is C38H45N6+. The van der Waals surface area contributed by atoms with Crippen LogP contribution in [0.25, 0.3) is 21.5 Å². The highest BCUT2D eigenvalue weighted by molar-refractivity contribution is 6.07. The third-order valence-electron chi connectivity index (χ3n) is 10.7. The van der Waals surface area contributed by atoms with Crippen molar-refractivity contribution in [1.29, 1.82) is 0 Å². The van der Waals surface area contributed by atoms with Crippen LogP contribution < -0.4 is 21.8 Å². The number of guanidine groups is 2. The van der Waals surface area contributed by atoms with E-state index in [4.69, 9.17) is 16.6 Å². The van der Waals surface area contributed by atoms with Crippen LogP contribution in [0.4, 0.5) is 11.4 Å². The molecule has 0 aliphatic heterocycles. The zero-order valence-electron chi connectivity index (χ0n) is 25.8. The summed E-state index contributed by atoms with van der Waals surface area (Å²) in [7, 11) is 0. The predicted octanol–water partition coefficient (Wildman–Crippen LogP) is 7.14. The van der Waals surface area contributed by atoms with Crippen molar-refractivity contribution >= 4 is 44.8 Å². The molecule has 0 bridgehead atoms. The Bertz CT molecular complexity index is 1770. The molecule has 4 aromatic rings. The Kier molecular flexibility index (Phi) is 7.16. The number of nitrogens with two attached hydrogens (primary N) is 2. The molecule has 0 aromatic heterocycles. The van der Waals surface area contributed by atoms with Gasteiger partial charge in [-0.3, -0.25) is 5.32 Å². The van der Waals surface area contributed by atoms with Crippen molar-refractivity contribution in [2.45, 2.75) is 102 Å². The second-order valence-electron chi connectivity index (χ2n) is 13.5. The molecule has 4 aliphatic rings. The number of anilines is 1. The Balaban J connectivity index is 1.43. The Labute approximate surface area is 260 Å². The van der Waals surface area contributed by atoms with E-state index in [9.17, 15) is 0 Å². The summed E-state index contributed by atoms with van der Waals surface area (Å²) in [6, 6.07) is 23.6. The van der Waals surface area contributed by atoms with Gasteiger partial charge in [-0.1, -0.05) is 79.3 Å². The summed E-state index contributed by atoms with van der Waals surface area (Å²) in [6.45, 7) is 0. The van der Waals surface area contributed by atoms with Gasteiger partial charge in [0.2, 0.25) is 5.96 Å². The average Bonchev–Trinajstić information content (AvgIpc) is 3.68. The smallest absolute Gasteiger partial charge is 0.367 e. The van der Waals surface area contributed by atoms with E-state index < -0.39 is 0 Å². The number of hydrogen-bond acceptors (Lipinski definition) is 1. The Morgan fingerprint density at radius 1 is 0.659 bits per heavy atom. The lowest BCUT2D eigenvalue weighted by Crippen LogP contribution is -2.52. The summed E-state index contributed by atoms with van der Waals surface area (Å²) in [5, 5.41) is 16.5. The molecule has 4 aromatic carbocycles. The fraction of sp³-hybridized carbons (Fsp3) is 0.421. The summed E-state index contributed by atoms with van der Waals surface area (Å²) in [4.78, 5) is 0. The quantitative estimate of drug-likeness (QED) is 0.101. The van der Waals surface area contributed by atoms with E-state index in [2.05, 4.69) is 75.6 Å². The first-order valence-corrected chi connectivity index (χ1v) is 17.0. The Hall–Kier alpha value is -4.06. The normalized spacial score (nSPS) is 18.9. The highest BCUT2D eigenvalue weighted by atomic mass is 15.6. The Morgan fingerprint density at radius 2 is 1.23 bits per heavy atom. The van der Waals surface area contributed by atoms with Gasteiger partial charge in [0.25, 0.3) is 0 Å². The van der Waals surface area contributed by atoms with Crippen molar-refractivity contribution in [1.82, 2.24) is 5.32 Å². The van der Waals surface area contributed by atoms with E-state index in [1.165, 1.54) is 88.0 Å². The summed E-state index contributed by atoms with van der Waals surface area (Å²) < 4.78 is 2.62. The van der Waals surface area contributed by atoms with E-state index >= 15 is 0 Å². The highest BCUT2D eigenvalue weighted by Gasteiger charge is 2.36. The van der Waals surface area contributed by atoms with E-state index in [-0.39, 0.29) is 5.96 Å². The van der Waals surface area contributed by atoms with Gasteiger partial charge in [0, 0.05) is 10.8 Å². The standard InChI is InChI=1S/C38H44N6/c39-37(40)42-44(34-24-22-28-20-18-26-10-8-16-32(34)36(26)28)38(41-29-11-3-1-4-12-29)43(30-13-5-2-6-14-30)33-23-21-27-19-17-25-9-7-15-31(33)35(25)27/h7-10,15-16,21-24,29-30H,1-6,11-14,17-20H2,(H4,39,40,42)/p+1. The van der Waals surface area contributed by atoms with Crippen LogP contribution in [0, 0.1) is 0 Å². The summed E-state index contributed by atoms with van der Waals surface area (Å²) in [6.07, 6.45) is 16.6. The van der Waals surface area contributed by atoms with Crippen LogP contribution in [-0.2, 0) is 25.7 Å². The zero-order chi connectivity index (χ0) is 29.6. The van der Waals surface area contributed by atoms with Crippen molar-refractivity contribution in [2.75, 3.05) is 5.01 Å². The zero-order valence-corrected chi connectivity index (χ0v) is 25.8. The molecule has 0 heterocycles. The topological polar surface area (TPSA) is 82.7 Å². The number of hydrogen-bond donors (Lipinski definition) is 3. The van der Waals surface area contributed by atoms with Crippen molar-refractivity contribution in [3.05, 3.63) is 82.9 Å². The molecule has 2 fully saturated rings. The van der Waals surface area contributed by atoms with Gasteiger partial charge in [0.05, 0.1) is 12.1 Å². The number of hydrazone groups is 1. The van der Waals surface area contributed by atoms with Crippen LogP contribution in [0.1, 0.15) is 86.5 Å². The molecule has 226 valence electrons. The van der Waals surface area contributed by atoms with Gasteiger partial charge in [-0.25, -0.2) is 4.58 Å². The van der Waals surface area contributed by atoms with Gasteiger partial charge < -0.3 is 11.5 Å². The van der Waals surface area contributed by atoms with Gasteiger partial charge >= 0.3 is 5.96 Å². The van der Waals surface area contributed by atoms with Crippen molar-refractivity contribution in [3.8, 4) is 0 Å². The number of rotatable bonds is 5. The van der Waals surface area contributed by atoms with Crippen LogP contribution in [0.2, 0.25) is 0 Å². The first-order chi connectivity index (χ1) is 21.7. The molecular weight excluding hydrogens is 540 g/mol. The minimum atomic E-state index is 0.0696. The molecule has 44 heavy (non-hydrogen) atoms. The molecule has 6 nitrogen and oxygen atoms in total. The molecule has 2 saturated carbocycles. The molecule has 0 saturated heterocycles. The Morgan fingerprint density at radius 3 is 1.89 bits per heavy atom. The van der Waals surface area contributed by atoms with Crippen LogP contribution in [0.15, 0.2) is 65.8 Å². The maximum Gasteiger partial charge on any atom is 0.383 e. The first kappa shape index (κ1) is 27.5. The first-order valence-electron chi connectivity index (χ1n) is 17.0. The molecule has 0 atom stereocenters. The number of aryl methyl sites for hydroxylation is 4. The van der Waals surface area contributed by atoms with E-state index in [0.717, 1.165) is 63.0 Å². The van der Waals surface area contributed by atoms with E-state index in [1.54, 1.807) is 0 Å². The molecule has 4 aliphatic carbocycles. The van der Waals surface area contributed by atoms with Crippen LogP contribution in [-0.4, -0.2) is 28.6 Å². The third-order valence-corrected chi connectivity index (χ3v) is 10.7. The minimum Gasteiger partial charge on any atom is -0.367 e. The van der Waals surface area contributed by atoms with E-state index in [1.807, 2.05) is 0 Å². The lowest BCUT2D eigenvalue weighted by Gasteiger charge is -2.31. The van der Waals surface area contributed by atoms with Gasteiger partial charge in [-0.2, -0.15) is 0 Å². The molecule has 6 heteroatoms. The van der Waals surface area contributed by atoms with E-state index in [0.29, 0.717) is 12.1 Å². The fourth-order valence-corrected chi connectivity index (χ4v) is 8.67. The summed E-state index contributed by atoms with van der Waals surface area (Å²) >= 11 is 0. The highest BCUT2D eigenvalue weighted by Crippen LogP contribution is 2.40. The molecule has 8 rings (SSSR count). The monoisotopic (exact) mass is 585 g/mol. The summed E-state index contributed by atoms with van der Waals surface area (Å²) in [5.74, 6) is 1.06. The molecule has 0 spiro atoms. The van der Waals surface area contributed by atoms with Crippen molar-refractivity contribution in [2.24, 2.45) is 16.6 Å². The molecule has 5 N–H and O–H groups in total. The minimum absolute atomic E-state index is 0.0696. The van der Waals surface area contributed by atoms with Crippen LogP contribution >= 0.6 is 0 Å². The van der Waals surface area contributed by atoms with Gasteiger partial charge in [0.1, 0.15) is 11.4 Å². The molecule has 0 radical (unpaired) electrons. The number of nitrogens with one attached hydrogen (secondary N) is 1. The van der Waals surface area contributed by atoms with Crippen LogP contribution in [0.5, 0.6) is 0 Å². The van der Waals surface area contributed by atoms with Crippen LogP contribution in [0.3, 0.4) is 0 Å². The average molecular weight is 586 g/mol. The molecule has 0 unspecified atom stereocenters. The largest absolute Gasteiger partial charge is 0.383 e.